The van der Waals surface area contributed by atoms with Crippen LogP contribution >= 0.6 is 11.6 Å². The number of fused-ring (bicyclic) bond motifs is 1. The fourth-order valence-electron chi connectivity index (χ4n) is 1.82. The molecule has 0 aliphatic rings. The van der Waals surface area contributed by atoms with E-state index in [1.54, 1.807) is 25.1 Å². The van der Waals surface area contributed by atoms with E-state index in [0.29, 0.717) is 16.2 Å². The van der Waals surface area contributed by atoms with Crippen LogP contribution in [0.2, 0.25) is 5.02 Å². The fourth-order valence-corrected chi connectivity index (χ4v) is 2.00. The third-order valence-electron chi connectivity index (χ3n) is 3.09. The van der Waals surface area contributed by atoms with Crippen LogP contribution in [0.3, 0.4) is 0 Å². The molecular formula is C14H14ClNO4. The second kappa shape index (κ2) is 5.54. The summed E-state index contributed by atoms with van der Waals surface area (Å²) in [5, 5.41) is 12.7. The minimum absolute atomic E-state index is 0.0470. The number of aliphatic carboxylic acids is 1. The molecule has 2 rings (SSSR count). The number of carboxylic acids is 1. The van der Waals surface area contributed by atoms with Gasteiger partial charge in [-0.1, -0.05) is 18.5 Å². The maximum Gasteiger partial charge on any atom is 0.308 e. The number of carbonyl (C=O) groups is 2. The molecular weight excluding hydrogens is 282 g/mol. The van der Waals surface area contributed by atoms with Gasteiger partial charge in [0.15, 0.2) is 5.76 Å². The van der Waals surface area contributed by atoms with Crippen molar-refractivity contribution in [1.82, 2.24) is 5.32 Å². The van der Waals surface area contributed by atoms with Crippen LogP contribution in [0.25, 0.3) is 11.0 Å². The topological polar surface area (TPSA) is 79.5 Å². The van der Waals surface area contributed by atoms with Crippen molar-refractivity contribution in [3.05, 3.63) is 34.5 Å². The maximum atomic E-state index is 12.0. The van der Waals surface area contributed by atoms with Gasteiger partial charge < -0.3 is 14.8 Å². The molecule has 5 nitrogen and oxygen atoms in total. The lowest BCUT2D eigenvalue weighted by molar-refractivity contribution is -0.140. The van der Waals surface area contributed by atoms with Crippen LogP contribution in [-0.2, 0) is 4.79 Å². The van der Waals surface area contributed by atoms with Crippen molar-refractivity contribution in [2.24, 2.45) is 5.92 Å². The minimum Gasteiger partial charge on any atom is -0.481 e. The third-order valence-corrected chi connectivity index (χ3v) is 3.33. The standard InChI is InChI=1S/C14H14ClNO4/c1-7(14(18)19)6-16-13(17)12-8(2)10-5-9(15)3-4-11(10)20-12/h3-5,7H,6H2,1-2H3,(H,16,17)(H,18,19). The van der Waals surface area contributed by atoms with Crippen molar-refractivity contribution in [3.8, 4) is 0 Å². The van der Waals surface area contributed by atoms with E-state index in [-0.39, 0.29) is 12.3 Å². The zero-order valence-electron chi connectivity index (χ0n) is 11.1. The van der Waals surface area contributed by atoms with Gasteiger partial charge in [0.05, 0.1) is 5.92 Å². The summed E-state index contributed by atoms with van der Waals surface area (Å²) in [6, 6.07) is 5.11. The Bertz CT molecular complexity index is 677. The largest absolute Gasteiger partial charge is 0.481 e. The summed E-state index contributed by atoms with van der Waals surface area (Å²) in [6.07, 6.45) is 0. The van der Waals surface area contributed by atoms with E-state index in [2.05, 4.69) is 5.32 Å². The molecule has 0 saturated heterocycles. The van der Waals surface area contributed by atoms with E-state index < -0.39 is 17.8 Å². The van der Waals surface area contributed by atoms with Crippen LogP contribution in [0.4, 0.5) is 0 Å². The third kappa shape index (κ3) is 2.77. The number of benzene rings is 1. The Kier molecular flexibility index (Phi) is 3.99. The molecule has 1 aromatic heterocycles. The Hall–Kier alpha value is -2.01. The molecule has 0 aliphatic carbocycles. The first-order valence-corrected chi connectivity index (χ1v) is 6.47. The summed E-state index contributed by atoms with van der Waals surface area (Å²) in [4.78, 5) is 22.7. The SMILES string of the molecule is Cc1c(C(=O)NCC(C)C(=O)O)oc2ccc(Cl)cc12. The number of furan rings is 1. The number of amides is 1. The van der Waals surface area contributed by atoms with Crippen molar-refractivity contribution in [1.29, 1.82) is 0 Å². The van der Waals surface area contributed by atoms with E-state index in [0.717, 1.165) is 5.39 Å². The lowest BCUT2D eigenvalue weighted by Gasteiger charge is -2.07. The van der Waals surface area contributed by atoms with E-state index in [1.807, 2.05) is 0 Å². The second-order valence-electron chi connectivity index (χ2n) is 4.65. The van der Waals surface area contributed by atoms with Gasteiger partial charge in [-0.2, -0.15) is 0 Å². The van der Waals surface area contributed by atoms with Gasteiger partial charge in [-0.25, -0.2) is 0 Å². The van der Waals surface area contributed by atoms with Crippen LogP contribution in [0, 0.1) is 12.8 Å². The van der Waals surface area contributed by atoms with E-state index in [9.17, 15) is 9.59 Å². The number of carbonyl (C=O) groups excluding carboxylic acids is 1. The van der Waals surface area contributed by atoms with Crippen molar-refractivity contribution >= 4 is 34.4 Å². The molecule has 0 saturated carbocycles. The number of aryl methyl sites for hydroxylation is 1. The molecule has 1 atom stereocenters. The van der Waals surface area contributed by atoms with Gasteiger partial charge in [0.2, 0.25) is 0 Å². The summed E-state index contributed by atoms with van der Waals surface area (Å²) in [7, 11) is 0. The van der Waals surface area contributed by atoms with Crippen LogP contribution in [0.15, 0.2) is 22.6 Å². The van der Waals surface area contributed by atoms with Crippen LogP contribution in [-0.4, -0.2) is 23.5 Å². The lowest BCUT2D eigenvalue weighted by Crippen LogP contribution is -2.31. The molecule has 2 N–H and O–H groups in total. The van der Waals surface area contributed by atoms with E-state index in [4.69, 9.17) is 21.1 Å². The van der Waals surface area contributed by atoms with Gasteiger partial charge in [0, 0.05) is 22.5 Å². The van der Waals surface area contributed by atoms with Crippen LogP contribution in [0.5, 0.6) is 0 Å². The molecule has 2 aromatic rings. The molecule has 0 aliphatic heterocycles. The summed E-state index contributed by atoms with van der Waals surface area (Å²) in [5.41, 5.74) is 1.26. The Morgan fingerprint density at radius 1 is 1.45 bits per heavy atom. The van der Waals surface area contributed by atoms with Gasteiger partial charge in [0.1, 0.15) is 5.58 Å². The molecule has 1 unspecified atom stereocenters. The molecule has 1 aromatic carbocycles. The Labute approximate surface area is 120 Å². The highest BCUT2D eigenvalue weighted by atomic mass is 35.5. The molecule has 1 amide bonds. The predicted molar refractivity (Wildman–Crippen MR) is 75.1 cm³/mol. The maximum absolute atomic E-state index is 12.0. The number of nitrogens with one attached hydrogen (secondary N) is 1. The average molecular weight is 296 g/mol. The minimum atomic E-state index is -0.960. The van der Waals surface area contributed by atoms with E-state index >= 15 is 0 Å². The molecule has 0 radical (unpaired) electrons. The van der Waals surface area contributed by atoms with Gasteiger partial charge >= 0.3 is 5.97 Å². The first kappa shape index (κ1) is 14.4. The van der Waals surface area contributed by atoms with Crippen molar-refractivity contribution in [3.63, 3.8) is 0 Å². The monoisotopic (exact) mass is 295 g/mol. The second-order valence-corrected chi connectivity index (χ2v) is 5.08. The van der Waals surface area contributed by atoms with Crippen molar-refractivity contribution in [2.75, 3.05) is 6.54 Å². The first-order valence-electron chi connectivity index (χ1n) is 6.09. The molecule has 0 fully saturated rings. The number of hydrogen-bond donors (Lipinski definition) is 2. The summed E-state index contributed by atoms with van der Waals surface area (Å²) < 4.78 is 5.49. The zero-order chi connectivity index (χ0) is 14.9. The average Bonchev–Trinajstić information content (AvgIpc) is 2.73. The summed E-state index contributed by atoms with van der Waals surface area (Å²) in [6.45, 7) is 3.33. The van der Waals surface area contributed by atoms with Crippen LogP contribution < -0.4 is 5.32 Å². The fraction of sp³-hybridized carbons (Fsp3) is 0.286. The Balaban J connectivity index is 2.22. The molecule has 20 heavy (non-hydrogen) atoms. The highest BCUT2D eigenvalue weighted by Crippen LogP contribution is 2.27. The summed E-state index contributed by atoms with van der Waals surface area (Å²) in [5.74, 6) is -1.86. The lowest BCUT2D eigenvalue weighted by atomic mass is 10.1. The molecule has 0 spiro atoms. The number of rotatable bonds is 4. The highest BCUT2D eigenvalue weighted by molar-refractivity contribution is 6.31. The Morgan fingerprint density at radius 3 is 2.80 bits per heavy atom. The first-order chi connectivity index (χ1) is 9.40. The molecule has 0 bridgehead atoms. The van der Waals surface area contributed by atoms with Gasteiger partial charge in [-0.3, -0.25) is 9.59 Å². The summed E-state index contributed by atoms with van der Waals surface area (Å²) >= 11 is 5.91. The predicted octanol–water partition coefficient (Wildman–Crippen LogP) is 2.85. The number of hydrogen-bond acceptors (Lipinski definition) is 3. The van der Waals surface area contributed by atoms with Gasteiger partial charge in [0.25, 0.3) is 5.91 Å². The van der Waals surface area contributed by atoms with Gasteiger partial charge in [-0.15, -0.1) is 0 Å². The van der Waals surface area contributed by atoms with Crippen molar-refractivity contribution < 1.29 is 19.1 Å². The zero-order valence-corrected chi connectivity index (χ0v) is 11.8. The van der Waals surface area contributed by atoms with E-state index in [1.165, 1.54) is 6.92 Å². The quantitative estimate of drug-likeness (QED) is 0.909. The number of carboxylic acid groups (broad SMARTS) is 1. The van der Waals surface area contributed by atoms with Gasteiger partial charge in [-0.05, 0) is 25.1 Å². The molecule has 6 heteroatoms. The normalized spacial score (nSPS) is 12.3. The smallest absolute Gasteiger partial charge is 0.308 e. The Morgan fingerprint density at radius 2 is 2.15 bits per heavy atom. The molecule has 106 valence electrons. The molecule has 1 heterocycles. The van der Waals surface area contributed by atoms with Crippen molar-refractivity contribution in [2.45, 2.75) is 13.8 Å². The number of halogens is 1. The highest BCUT2D eigenvalue weighted by Gasteiger charge is 2.19. The van der Waals surface area contributed by atoms with Crippen LogP contribution in [0.1, 0.15) is 23.0 Å².